The fourth-order valence-electron chi connectivity index (χ4n) is 2.44. The third-order valence-electron chi connectivity index (χ3n) is 3.50. The standard InChI is InChI=1S/C13H18FN3O2/c1-17(7-8-4-10(18)5-8)12-3-2-9(14)6-11(12)13(15)16-19/h2-3,6,8,10,18-19H,4-5,7H2,1H3,(H2,15,16). The summed E-state index contributed by atoms with van der Waals surface area (Å²) in [7, 11) is 1.87. The first-order valence-corrected chi connectivity index (χ1v) is 6.18. The fourth-order valence-corrected chi connectivity index (χ4v) is 2.44. The van der Waals surface area contributed by atoms with Gasteiger partial charge in [0, 0.05) is 24.8 Å². The second-order valence-corrected chi connectivity index (χ2v) is 5.02. The average Bonchev–Trinajstić information content (AvgIpc) is 2.35. The van der Waals surface area contributed by atoms with E-state index in [0.29, 0.717) is 17.2 Å². The number of benzene rings is 1. The van der Waals surface area contributed by atoms with Crippen LogP contribution in [0.4, 0.5) is 10.1 Å². The summed E-state index contributed by atoms with van der Waals surface area (Å²) >= 11 is 0. The van der Waals surface area contributed by atoms with E-state index in [1.807, 2.05) is 11.9 Å². The number of oxime groups is 1. The zero-order valence-corrected chi connectivity index (χ0v) is 10.8. The van der Waals surface area contributed by atoms with Gasteiger partial charge in [-0.2, -0.15) is 0 Å². The summed E-state index contributed by atoms with van der Waals surface area (Å²) in [4.78, 5) is 1.93. The van der Waals surface area contributed by atoms with Gasteiger partial charge in [-0.3, -0.25) is 0 Å². The van der Waals surface area contributed by atoms with Crippen molar-refractivity contribution in [2.45, 2.75) is 18.9 Å². The van der Waals surface area contributed by atoms with Gasteiger partial charge < -0.3 is 20.9 Å². The van der Waals surface area contributed by atoms with Crippen LogP contribution in [-0.4, -0.2) is 35.8 Å². The van der Waals surface area contributed by atoms with E-state index in [1.54, 1.807) is 6.07 Å². The first kappa shape index (κ1) is 13.6. The molecule has 0 bridgehead atoms. The maximum Gasteiger partial charge on any atom is 0.172 e. The Hall–Kier alpha value is -1.82. The lowest BCUT2D eigenvalue weighted by Gasteiger charge is -2.35. The van der Waals surface area contributed by atoms with Gasteiger partial charge in [-0.1, -0.05) is 5.16 Å². The number of aliphatic hydroxyl groups is 1. The topological polar surface area (TPSA) is 82.1 Å². The second-order valence-electron chi connectivity index (χ2n) is 5.02. The van der Waals surface area contributed by atoms with E-state index in [-0.39, 0.29) is 11.9 Å². The van der Waals surface area contributed by atoms with Crippen LogP contribution < -0.4 is 10.6 Å². The molecular weight excluding hydrogens is 249 g/mol. The third kappa shape index (κ3) is 2.96. The molecule has 0 unspecified atom stereocenters. The predicted molar refractivity (Wildman–Crippen MR) is 70.9 cm³/mol. The van der Waals surface area contributed by atoms with Crippen molar-refractivity contribution >= 4 is 11.5 Å². The predicted octanol–water partition coefficient (Wildman–Crippen LogP) is 1.13. The summed E-state index contributed by atoms with van der Waals surface area (Å²) in [6, 6.07) is 4.20. The minimum absolute atomic E-state index is 0.116. The van der Waals surface area contributed by atoms with E-state index in [2.05, 4.69) is 5.16 Å². The van der Waals surface area contributed by atoms with Gasteiger partial charge in [0.1, 0.15) is 5.82 Å². The van der Waals surface area contributed by atoms with Gasteiger partial charge in [0.2, 0.25) is 0 Å². The molecule has 4 N–H and O–H groups in total. The maximum atomic E-state index is 13.3. The summed E-state index contributed by atoms with van der Waals surface area (Å²) in [5.74, 6) is -0.127. The number of aliphatic hydroxyl groups excluding tert-OH is 1. The maximum absolute atomic E-state index is 13.3. The van der Waals surface area contributed by atoms with Gasteiger partial charge in [0.25, 0.3) is 0 Å². The zero-order chi connectivity index (χ0) is 14.0. The van der Waals surface area contributed by atoms with Crippen molar-refractivity contribution < 1.29 is 14.7 Å². The summed E-state index contributed by atoms with van der Waals surface area (Å²) in [6.45, 7) is 0.744. The lowest BCUT2D eigenvalue weighted by atomic mass is 9.82. The molecule has 0 radical (unpaired) electrons. The first-order chi connectivity index (χ1) is 9.01. The van der Waals surface area contributed by atoms with Crippen LogP contribution in [0.15, 0.2) is 23.4 Å². The number of halogens is 1. The normalized spacial score (nSPS) is 23.0. The van der Waals surface area contributed by atoms with Crippen LogP contribution in [0.2, 0.25) is 0 Å². The average molecular weight is 267 g/mol. The van der Waals surface area contributed by atoms with Crippen molar-refractivity contribution in [3.63, 3.8) is 0 Å². The molecule has 5 nitrogen and oxygen atoms in total. The molecule has 6 heteroatoms. The number of rotatable bonds is 4. The van der Waals surface area contributed by atoms with Crippen molar-refractivity contribution in [2.75, 3.05) is 18.5 Å². The second kappa shape index (κ2) is 5.44. The number of nitrogens with zero attached hydrogens (tertiary/aromatic N) is 2. The molecule has 1 aromatic carbocycles. The van der Waals surface area contributed by atoms with Crippen LogP contribution in [0.5, 0.6) is 0 Å². The fraction of sp³-hybridized carbons (Fsp3) is 0.462. The SMILES string of the molecule is CN(CC1CC(O)C1)c1ccc(F)cc1C(N)=NO. The molecule has 1 saturated carbocycles. The van der Waals surface area contributed by atoms with Crippen LogP contribution in [0, 0.1) is 11.7 Å². The van der Waals surface area contributed by atoms with E-state index in [0.717, 1.165) is 19.4 Å². The van der Waals surface area contributed by atoms with Crippen LogP contribution in [-0.2, 0) is 0 Å². The smallest absolute Gasteiger partial charge is 0.172 e. The molecule has 1 aliphatic carbocycles. The lowest BCUT2D eigenvalue weighted by molar-refractivity contribution is 0.0465. The molecule has 0 aliphatic heterocycles. The third-order valence-corrected chi connectivity index (χ3v) is 3.50. The van der Waals surface area contributed by atoms with E-state index in [1.165, 1.54) is 12.1 Å². The minimum atomic E-state index is -0.433. The Kier molecular flexibility index (Phi) is 3.90. The van der Waals surface area contributed by atoms with E-state index >= 15 is 0 Å². The molecular formula is C13H18FN3O2. The molecule has 19 heavy (non-hydrogen) atoms. The van der Waals surface area contributed by atoms with Gasteiger partial charge in [-0.15, -0.1) is 0 Å². The highest BCUT2D eigenvalue weighted by molar-refractivity contribution is 6.02. The molecule has 0 atom stereocenters. The largest absolute Gasteiger partial charge is 0.409 e. The van der Waals surface area contributed by atoms with Crippen molar-refractivity contribution in [1.29, 1.82) is 0 Å². The molecule has 1 fully saturated rings. The van der Waals surface area contributed by atoms with Gasteiger partial charge in [0.05, 0.1) is 6.10 Å². The van der Waals surface area contributed by atoms with Crippen LogP contribution >= 0.6 is 0 Å². The molecule has 0 heterocycles. The van der Waals surface area contributed by atoms with E-state index in [9.17, 15) is 9.50 Å². The number of anilines is 1. The van der Waals surface area contributed by atoms with Gasteiger partial charge in [-0.25, -0.2) is 4.39 Å². The molecule has 2 rings (SSSR count). The summed E-state index contributed by atoms with van der Waals surface area (Å²) < 4.78 is 13.3. The summed E-state index contributed by atoms with van der Waals surface area (Å²) in [6.07, 6.45) is 1.37. The van der Waals surface area contributed by atoms with Crippen molar-refractivity contribution in [2.24, 2.45) is 16.8 Å². The van der Waals surface area contributed by atoms with E-state index in [4.69, 9.17) is 10.9 Å². The summed E-state index contributed by atoms with van der Waals surface area (Å²) in [5, 5.41) is 21.0. The number of hydrogen-bond donors (Lipinski definition) is 3. The van der Waals surface area contributed by atoms with Crippen LogP contribution in [0.3, 0.4) is 0 Å². The number of amidine groups is 1. The van der Waals surface area contributed by atoms with Gasteiger partial charge >= 0.3 is 0 Å². The van der Waals surface area contributed by atoms with Gasteiger partial charge in [0.15, 0.2) is 5.84 Å². The van der Waals surface area contributed by atoms with Gasteiger partial charge in [-0.05, 0) is 37.0 Å². The molecule has 0 amide bonds. The lowest BCUT2D eigenvalue weighted by Crippen LogP contribution is -2.37. The highest BCUT2D eigenvalue weighted by Crippen LogP contribution is 2.30. The molecule has 1 aromatic rings. The molecule has 1 aliphatic rings. The monoisotopic (exact) mass is 267 g/mol. The highest BCUT2D eigenvalue weighted by Gasteiger charge is 2.28. The molecule has 0 spiro atoms. The Labute approximate surface area is 111 Å². The Morgan fingerprint density at radius 3 is 2.79 bits per heavy atom. The molecule has 0 aromatic heterocycles. The number of nitrogens with two attached hydrogens (primary N) is 1. The van der Waals surface area contributed by atoms with E-state index < -0.39 is 5.82 Å². The quantitative estimate of drug-likeness (QED) is 0.330. The number of hydrogen-bond acceptors (Lipinski definition) is 4. The van der Waals surface area contributed by atoms with Crippen molar-refractivity contribution in [3.05, 3.63) is 29.6 Å². The van der Waals surface area contributed by atoms with Crippen LogP contribution in [0.1, 0.15) is 18.4 Å². The Morgan fingerprint density at radius 2 is 2.21 bits per heavy atom. The molecule has 104 valence electrons. The Morgan fingerprint density at radius 1 is 1.53 bits per heavy atom. The molecule has 0 saturated heterocycles. The first-order valence-electron chi connectivity index (χ1n) is 6.18. The highest BCUT2D eigenvalue weighted by atomic mass is 19.1. The Balaban J connectivity index is 2.18. The minimum Gasteiger partial charge on any atom is -0.409 e. The van der Waals surface area contributed by atoms with Crippen LogP contribution in [0.25, 0.3) is 0 Å². The van der Waals surface area contributed by atoms with Crippen molar-refractivity contribution in [1.82, 2.24) is 0 Å². The summed E-state index contributed by atoms with van der Waals surface area (Å²) in [5.41, 5.74) is 6.64. The van der Waals surface area contributed by atoms with Crippen molar-refractivity contribution in [3.8, 4) is 0 Å². The zero-order valence-electron chi connectivity index (χ0n) is 10.8. The Bertz CT molecular complexity index is 487.